The van der Waals surface area contributed by atoms with Gasteiger partial charge in [0.2, 0.25) is 5.91 Å². The molecule has 1 aromatic carbocycles. The van der Waals surface area contributed by atoms with Crippen molar-refractivity contribution in [2.45, 2.75) is 38.1 Å². The maximum Gasteiger partial charge on any atom is 0.238 e. The third-order valence-electron chi connectivity index (χ3n) is 5.26. The summed E-state index contributed by atoms with van der Waals surface area (Å²) in [5.74, 6) is 0.953. The molecule has 148 valence electrons. The van der Waals surface area contributed by atoms with Crippen LogP contribution in [-0.2, 0) is 16.1 Å². The molecule has 4 rings (SSSR count). The second-order valence-electron chi connectivity index (χ2n) is 7.41. The first-order valence-electron chi connectivity index (χ1n) is 9.84. The van der Waals surface area contributed by atoms with Crippen LogP contribution in [0.2, 0.25) is 0 Å². The van der Waals surface area contributed by atoms with Crippen molar-refractivity contribution in [2.24, 2.45) is 0 Å². The van der Waals surface area contributed by atoms with E-state index in [1.165, 1.54) is 5.56 Å². The normalized spacial score (nSPS) is 24.9. The smallest absolute Gasteiger partial charge is 0.238 e. The van der Waals surface area contributed by atoms with E-state index in [0.717, 1.165) is 37.5 Å². The number of anilines is 1. The van der Waals surface area contributed by atoms with Crippen LogP contribution in [0, 0.1) is 0 Å². The van der Waals surface area contributed by atoms with E-state index in [-0.39, 0.29) is 24.1 Å². The molecule has 2 fully saturated rings. The lowest BCUT2D eigenvalue weighted by Gasteiger charge is -2.32. The van der Waals surface area contributed by atoms with Gasteiger partial charge in [0.25, 0.3) is 0 Å². The fraction of sp³-hybridized carbons (Fsp3) is 0.429. The zero-order chi connectivity index (χ0) is 19.3. The van der Waals surface area contributed by atoms with Crippen molar-refractivity contribution in [3.05, 3.63) is 59.8 Å². The summed E-state index contributed by atoms with van der Waals surface area (Å²) in [4.78, 5) is 19.3. The number of carbonyl (C=O) groups excluding carboxylic acids is 1. The Kier molecular flexibility index (Phi) is 5.85. The number of aromatic nitrogens is 1. The molecule has 0 radical (unpaired) electrons. The summed E-state index contributed by atoms with van der Waals surface area (Å²) < 4.78 is 5.57. The van der Waals surface area contributed by atoms with Crippen LogP contribution in [0.1, 0.15) is 30.5 Å². The van der Waals surface area contributed by atoms with Crippen molar-refractivity contribution >= 4 is 11.7 Å². The van der Waals surface area contributed by atoms with Crippen LogP contribution >= 0.6 is 0 Å². The SMILES string of the molecule is CC1CN(c2ccc(CNC(=O)C3CC(c4ccccc4)NN3)cn2)CCO1. The Morgan fingerprint density at radius 1 is 1.25 bits per heavy atom. The van der Waals surface area contributed by atoms with Gasteiger partial charge in [0, 0.05) is 31.9 Å². The molecule has 3 unspecified atom stereocenters. The predicted octanol–water partition coefficient (Wildman–Crippen LogP) is 1.53. The summed E-state index contributed by atoms with van der Waals surface area (Å²) in [6.45, 7) is 4.99. The topological polar surface area (TPSA) is 78.5 Å². The molecule has 0 spiro atoms. The molecular formula is C21H27N5O2. The molecular weight excluding hydrogens is 354 g/mol. The van der Waals surface area contributed by atoms with Crippen LogP contribution in [0.4, 0.5) is 5.82 Å². The number of hydrazine groups is 1. The molecule has 7 heteroatoms. The molecule has 1 aromatic heterocycles. The van der Waals surface area contributed by atoms with E-state index in [1.54, 1.807) is 0 Å². The van der Waals surface area contributed by atoms with Crippen molar-refractivity contribution in [1.29, 1.82) is 0 Å². The summed E-state index contributed by atoms with van der Waals surface area (Å²) in [7, 11) is 0. The monoisotopic (exact) mass is 381 g/mol. The van der Waals surface area contributed by atoms with Gasteiger partial charge in [-0.3, -0.25) is 4.79 Å². The number of carbonyl (C=O) groups is 1. The van der Waals surface area contributed by atoms with Crippen LogP contribution < -0.4 is 21.1 Å². The highest BCUT2D eigenvalue weighted by Crippen LogP contribution is 2.22. The van der Waals surface area contributed by atoms with Gasteiger partial charge in [-0.15, -0.1) is 0 Å². The zero-order valence-electron chi connectivity index (χ0n) is 16.1. The first-order chi connectivity index (χ1) is 13.7. The second-order valence-corrected chi connectivity index (χ2v) is 7.41. The van der Waals surface area contributed by atoms with Crippen LogP contribution in [0.25, 0.3) is 0 Å². The number of hydrogen-bond donors (Lipinski definition) is 3. The van der Waals surface area contributed by atoms with Crippen molar-refractivity contribution in [1.82, 2.24) is 21.2 Å². The average molecular weight is 381 g/mol. The number of pyridine rings is 1. The van der Waals surface area contributed by atoms with Gasteiger partial charge >= 0.3 is 0 Å². The van der Waals surface area contributed by atoms with Gasteiger partial charge in [0.15, 0.2) is 0 Å². The molecule has 2 aliphatic heterocycles. The molecule has 28 heavy (non-hydrogen) atoms. The molecule has 0 bridgehead atoms. The average Bonchev–Trinajstić information content (AvgIpc) is 3.23. The van der Waals surface area contributed by atoms with Crippen molar-refractivity contribution < 1.29 is 9.53 Å². The minimum Gasteiger partial charge on any atom is -0.375 e. The first-order valence-corrected chi connectivity index (χ1v) is 9.84. The minimum atomic E-state index is -0.243. The number of ether oxygens (including phenoxy) is 1. The van der Waals surface area contributed by atoms with E-state index in [4.69, 9.17) is 4.74 Å². The lowest BCUT2D eigenvalue weighted by Crippen LogP contribution is -2.43. The van der Waals surface area contributed by atoms with Crippen LogP contribution in [0.3, 0.4) is 0 Å². The van der Waals surface area contributed by atoms with E-state index < -0.39 is 0 Å². The lowest BCUT2D eigenvalue weighted by molar-refractivity contribution is -0.123. The van der Waals surface area contributed by atoms with E-state index >= 15 is 0 Å². The van der Waals surface area contributed by atoms with Crippen LogP contribution in [0.15, 0.2) is 48.7 Å². The lowest BCUT2D eigenvalue weighted by atomic mass is 10.0. The second kappa shape index (κ2) is 8.68. The highest BCUT2D eigenvalue weighted by molar-refractivity contribution is 5.82. The molecule has 7 nitrogen and oxygen atoms in total. The van der Waals surface area contributed by atoms with E-state index in [0.29, 0.717) is 6.54 Å². The van der Waals surface area contributed by atoms with Gasteiger partial charge in [-0.2, -0.15) is 0 Å². The largest absolute Gasteiger partial charge is 0.375 e. The van der Waals surface area contributed by atoms with Gasteiger partial charge in [-0.05, 0) is 30.5 Å². The summed E-state index contributed by atoms with van der Waals surface area (Å²) in [6, 6.07) is 14.1. The number of benzene rings is 1. The predicted molar refractivity (Wildman–Crippen MR) is 108 cm³/mol. The number of hydrogen-bond acceptors (Lipinski definition) is 6. The maximum absolute atomic E-state index is 12.5. The van der Waals surface area contributed by atoms with E-state index in [9.17, 15) is 4.79 Å². The Labute approximate surface area is 165 Å². The number of rotatable bonds is 5. The molecule has 0 aliphatic carbocycles. The third kappa shape index (κ3) is 4.49. The number of morpholine rings is 1. The van der Waals surface area contributed by atoms with Gasteiger partial charge in [-0.1, -0.05) is 36.4 Å². The Bertz CT molecular complexity index is 783. The quantitative estimate of drug-likeness (QED) is 0.729. The van der Waals surface area contributed by atoms with Crippen LogP contribution in [-0.4, -0.2) is 42.7 Å². The third-order valence-corrected chi connectivity index (χ3v) is 5.26. The maximum atomic E-state index is 12.5. The highest BCUT2D eigenvalue weighted by atomic mass is 16.5. The number of amides is 1. The summed E-state index contributed by atoms with van der Waals surface area (Å²) in [5, 5.41) is 3.00. The summed E-state index contributed by atoms with van der Waals surface area (Å²) in [6.07, 6.45) is 2.78. The minimum absolute atomic E-state index is 0.00277. The standard InChI is InChI=1S/C21H27N5O2/c1-15-14-26(9-10-28-15)20-8-7-16(12-22-20)13-23-21(27)19-11-18(24-25-19)17-5-3-2-4-6-17/h2-8,12,15,18-19,24-25H,9-11,13-14H2,1H3,(H,23,27). The number of nitrogens with one attached hydrogen (secondary N) is 3. The fourth-order valence-electron chi connectivity index (χ4n) is 3.68. The zero-order valence-corrected chi connectivity index (χ0v) is 16.1. The Morgan fingerprint density at radius 2 is 2.11 bits per heavy atom. The fourth-order valence-corrected chi connectivity index (χ4v) is 3.68. The Balaban J connectivity index is 1.27. The summed E-state index contributed by atoms with van der Waals surface area (Å²) >= 11 is 0. The molecule has 3 N–H and O–H groups in total. The molecule has 3 atom stereocenters. The molecule has 3 heterocycles. The van der Waals surface area contributed by atoms with Crippen molar-refractivity contribution in [3.8, 4) is 0 Å². The van der Waals surface area contributed by atoms with Gasteiger partial charge < -0.3 is 15.0 Å². The Hall–Kier alpha value is -2.48. The van der Waals surface area contributed by atoms with Crippen molar-refractivity contribution in [3.63, 3.8) is 0 Å². The van der Waals surface area contributed by atoms with E-state index in [2.05, 4.69) is 45.1 Å². The molecule has 2 saturated heterocycles. The number of nitrogens with zero attached hydrogens (tertiary/aromatic N) is 2. The van der Waals surface area contributed by atoms with Crippen LogP contribution in [0.5, 0.6) is 0 Å². The van der Waals surface area contributed by atoms with E-state index in [1.807, 2.05) is 36.5 Å². The first kappa shape index (κ1) is 18.9. The highest BCUT2D eigenvalue weighted by Gasteiger charge is 2.29. The summed E-state index contributed by atoms with van der Waals surface area (Å²) in [5.41, 5.74) is 8.48. The van der Waals surface area contributed by atoms with Gasteiger partial charge in [0.05, 0.1) is 12.7 Å². The van der Waals surface area contributed by atoms with Gasteiger partial charge in [0.1, 0.15) is 11.9 Å². The molecule has 1 amide bonds. The Morgan fingerprint density at radius 3 is 2.86 bits per heavy atom. The molecule has 0 saturated carbocycles. The molecule has 2 aromatic rings. The van der Waals surface area contributed by atoms with Crippen molar-refractivity contribution in [2.75, 3.05) is 24.6 Å². The van der Waals surface area contributed by atoms with Gasteiger partial charge in [-0.25, -0.2) is 15.8 Å². The molecule has 2 aliphatic rings.